The first-order valence-corrected chi connectivity index (χ1v) is 6.13. The number of benzene rings is 1. The third kappa shape index (κ3) is 3.36. The molecule has 1 aliphatic rings. The van der Waals surface area contributed by atoms with E-state index in [0.717, 1.165) is 19.5 Å². The van der Waals surface area contributed by atoms with E-state index in [1.54, 1.807) is 7.11 Å². The lowest BCUT2D eigenvalue weighted by molar-refractivity contribution is -0.384. The highest BCUT2D eigenvalue weighted by molar-refractivity contribution is 5.97. The van der Waals surface area contributed by atoms with Crippen molar-refractivity contribution in [2.45, 2.75) is 12.5 Å². The van der Waals surface area contributed by atoms with E-state index in [1.807, 2.05) is 4.90 Å². The Hall–Kier alpha value is -1.79. The molecule has 0 aromatic heterocycles. The minimum atomic E-state index is -0.474. The molecule has 0 spiro atoms. The number of nitro benzene ring substituents is 1. The molecule has 1 atom stereocenters. The molecule has 0 N–H and O–H groups in total. The summed E-state index contributed by atoms with van der Waals surface area (Å²) >= 11 is 0. The van der Waals surface area contributed by atoms with Crippen LogP contribution in [0.2, 0.25) is 0 Å². The first-order valence-electron chi connectivity index (χ1n) is 6.13. The van der Waals surface area contributed by atoms with E-state index in [0.29, 0.717) is 12.1 Å². The van der Waals surface area contributed by atoms with E-state index in [-0.39, 0.29) is 17.6 Å². The van der Waals surface area contributed by atoms with E-state index in [1.165, 1.54) is 24.3 Å². The highest BCUT2D eigenvalue weighted by Gasteiger charge is 2.24. The van der Waals surface area contributed by atoms with Crippen LogP contribution < -0.4 is 0 Å². The van der Waals surface area contributed by atoms with Crippen LogP contribution in [0.5, 0.6) is 0 Å². The number of rotatable bonds is 5. The Labute approximate surface area is 111 Å². The summed E-state index contributed by atoms with van der Waals surface area (Å²) in [5.41, 5.74) is 0.503. The third-order valence-electron chi connectivity index (χ3n) is 3.33. The van der Waals surface area contributed by atoms with Crippen molar-refractivity contribution in [2.75, 3.05) is 26.7 Å². The van der Waals surface area contributed by atoms with Crippen LogP contribution in [0.4, 0.5) is 5.69 Å². The van der Waals surface area contributed by atoms with Crippen LogP contribution in [0.1, 0.15) is 16.8 Å². The molecule has 0 radical (unpaired) electrons. The number of hydrogen-bond donors (Lipinski definition) is 0. The van der Waals surface area contributed by atoms with Gasteiger partial charge in [-0.15, -0.1) is 0 Å². The molecular formula is C13H16N2O4. The third-order valence-corrected chi connectivity index (χ3v) is 3.33. The van der Waals surface area contributed by atoms with Gasteiger partial charge in [-0.3, -0.25) is 19.8 Å². The summed E-state index contributed by atoms with van der Waals surface area (Å²) in [7, 11) is 1.67. The molecule has 0 bridgehead atoms. The molecule has 2 rings (SSSR count). The molecule has 0 saturated carbocycles. The van der Waals surface area contributed by atoms with Crippen molar-refractivity contribution in [3.63, 3.8) is 0 Å². The predicted octanol–water partition coefficient (Wildman–Crippen LogP) is 1.50. The van der Waals surface area contributed by atoms with Gasteiger partial charge in [-0.1, -0.05) is 0 Å². The zero-order chi connectivity index (χ0) is 13.8. The van der Waals surface area contributed by atoms with Crippen LogP contribution in [0.3, 0.4) is 0 Å². The van der Waals surface area contributed by atoms with Gasteiger partial charge in [-0.05, 0) is 18.6 Å². The molecule has 1 saturated heterocycles. The lowest BCUT2D eigenvalue weighted by Gasteiger charge is -2.14. The van der Waals surface area contributed by atoms with Crippen molar-refractivity contribution < 1.29 is 14.5 Å². The van der Waals surface area contributed by atoms with Crippen molar-refractivity contribution in [1.82, 2.24) is 4.90 Å². The molecule has 1 aromatic carbocycles. The minimum absolute atomic E-state index is 0.00262. The fraction of sp³-hybridized carbons (Fsp3) is 0.462. The highest BCUT2D eigenvalue weighted by atomic mass is 16.6. The number of ether oxygens (including phenoxy) is 1. The summed E-state index contributed by atoms with van der Waals surface area (Å²) in [5.74, 6) is -0.0216. The first kappa shape index (κ1) is 13.6. The molecule has 0 aliphatic carbocycles. The van der Waals surface area contributed by atoms with Gasteiger partial charge in [-0.2, -0.15) is 0 Å². The summed E-state index contributed by atoms with van der Waals surface area (Å²) in [6.07, 6.45) is 1.13. The van der Waals surface area contributed by atoms with Crippen LogP contribution in [0.25, 0.3) is 0 Å². The van der Waals surface area contributed by atoms with Gasteiger partial charge in [0.05, 0.1) is 17.6 Å². The van der Waals surface area contributed by atoms with Crippen molar-refractivity contribution in [3.05, 3.63) is 39.9 Å². The quantitative estimate of drug-likeness (QED) is 0.458. The number of nitrogens with zero attached hydrogens (tertiary/aromatic N) is 2. The van der Waals surface area contributed by atoms with Crippen molar-refractivity contribution in [1.29, 1.82) is 0 Å². The number of hydrogen-bond acceptors (Lipinski definition) is 5. The Morgan fingerprint density at radius 2 is 2.16 bits per heavy atom. The molecule has 1 aromatic rings. The summed E-state index contributed by atoms with van der Waals surface area (Å²) in [5, 5.41) is 10.5. The van der Waals surface area contributed by atoms with E-state index in [9.17, 15) is 14.9 Å². The zero-order valence-corrected chi connectivity index (χ0v) is 10.7. The molecule has 1 heterocycles. The molecule has 6 nitrogen and oxygen atoms in total. The minimum Gasteiger partial charge on any atom is -0.380 e. The Morgan fingerprint density at radius 3 is 2.68 bits per heavy atom. The van der Waals surface area contributed by atoms with Gasteiger partial charge in [0.25, 0.3) is 5.69 Å². The lowest BCUT2D eigenvalue weighted by Crippen LogP contribution is -2.29. The summed E-state index contributed by atoms with van der Waals surface area (Å²) < 4.78 is 5.24. The number of carbonyl (C=O) groups is 1. The van der Waals surface area contributed by atoms with Crippen molar-refractivity contribution in [2.24, 2.45) is 0 Å². The maximum absolute atomic E-state index is 12.0. The maximum Gasteiger partial charge on any atom is 0.269 e. The van der Waals surface area contributed by atoms with E-state index in [4.69, 9.17) is 4.74 Å². The van der Waals surface area contributed by atoms with Gasteiger partial charge in [0, 0.05) is 37.9 Å². The van der Waals surface area contributed by atoms with Crippen LogP contribution in [0, 0.1) is 10.1 Å². The number of nitro groups is 1. The second kappa shape index (κ2) is 5.90. The van der Waals surface area contributed by atoms with Gasteiger partial charge in [0.15, 0.2) is 5.78 Å². The van der Waals surface area contributed by atoms with Crippen LogP contribution in [-0.2, 0) is 4.74 Å². The summed E-state index contributed by atoms with van der Waals surface area (Å²) in [4.78, 5) is 24.1. The Morgan fingerprint density at radius 1 is 1.47 bits per heavy atom. The summed E-state index contributed by atoms with van der Waals surface area (Å²) in [6.45, 7) is 1.93. The van der Waals surface area contributed by atoms with E-state index >= 15 is 0 Å². The fourth-order valence-corrected chi connectivity index (χ4v) is 2.20. The zero-order valence-electron chi connectivity index (χ0n) is 10.7. The van der Waals surface area contributed by atoms with Crippen molar-refractivity contribution >= 4 is 11.5 Å². The number of ketones is 1. The summed E-state index contributed by atoms with van der Waals surface area (Å²) in [6, 6.07) is 5.72. The van der Waals surface area contributed by atoms with E-state index in [2.05, 4.69) is 0 Å². The average molecular weight is 264 g/mol. The molecule has 1 fully saturated rings. The van der Waals surface area contributed by atoms with Gasteiger partial charge in [-0.25, -0.2) is 0 Å². The monoisotopic (exact) mass is 264 g/mol. The van der Waals surface area contributed by atoms with Crippen LogP contribution >= 0.6 is 0 Å². The van der Waals surface area contributed by atoms with Gasteiger partial charge in [0.1, 0.15) is 0 Å². The molecule has 6 heteroatoms. The number of methoxy groups -OCH3 is 1. The Bertz CT molecular complexity index is 472. The molecule has 0 amide bonds. The molecular weight excluding hydrogens is 248 g/mol. The standard InChI is InChI=1S/C13H16N2O4/c1-19-12-6-7-14(8-12)9-13(16)10-2-4-11(5-3-10)15(17)18/h2-5,12H,6-9H2,1H3. The smallest absolute Gasteiger partial charge is 0.269 e. The number of non-ortho nitro benzene ring substituents is 1. The number of likely N-dealkylation sites (tertiary alicyclic amines) is 1. The van der Waals surface area contributed by atoms with Gasteiger partial charge in [0.2, 0.25) is 0 Å². The van der Waals surface area contributed by atoms with Gasteiger partial charge < -0.3 is 4.74 Å². The second-order valence-electron chi connectivity index (χ2n) is 4.61. The van der Waals surface area contributed by atoms with Crippen LogP contribution in [-0.4, -0.2) is 48.5 Å². The normalized spacial score (nSPS) is 19.5. The maximum atomic E-state index is 12.0. The Kier molecular flexibility index (Phi) is 4.24. The van der Waals surface area contributed by atoms with Gasteiger partial charge >= 0.3 is 0 Å². The molecule has 1 aliphatic heterocycles. The SMILES string of the molecule is COC1CCN(CC(=O)c2ccc([N+](=O)[O-])cc2)C1. The molecule has 102 valence electrons. The predicted molar refractivity (Wildman–Crippen MR) is 69.3 cm³/mol. The molecule has 19 heavy (non-hydrogen) atoms. The first-order chi connectivity index (χ1) is 9.10. The van der Waals surface area contributed by atoms with E-state index < -0.39 is 4.92 Å². The molecule has 1 unspecified atom stereocenters. The second-order valence-corrected chi connectivity index (χ2v) is 4.61. The lowest BCUT2D eigenvalue weighted by atomic mass is 10.1. The average Bonchev–Trinajstić information content (AvgIpc) is 2.86. The van der Waals surface area contributed by atoms with Crippen LogP contribution in [0.15, 0.2) is 24.3 Å². The largest absolute Gasteiger partial charge is 0.380 e. The Balaban J connectivity index is 1.95. The number of carbonyl (C=O) groups excluding carboxylic acids is 1. The highest BCUT2D eigenvalue weighted by Crippen LogP contribution is 2.15. The topological polar surface area (TPSA) is 72.7 Å². The number of Topliss-reactive ketones (excluding diaryl/α,β-unsaturated/α-hetero) is 1. The van der Waals surface area contributed by atoms with Crippen molar-refractivity contribution in [3.8, 4) is 0 Å². The fourth-order valence-electron chi connectivity index (χ4n) is 2.20.